The maximum atomic E-state index is 11.5. The molecule has 180 valence electrons. The number of ether oxygens (including phenoxy) is 2. The average molecular weight is 463 g/mol. The summed E-state index contributed by atoms with van der Waals surface area (Å²) in [6.07, 6.45) is 12.0. The molecule has 6 nitrogen and oxygen atoms in total. The van der Waals surface area contributed by atoms with E-state index in [4.69, 9.17) is 15.2 Å². The number of carbonyl (C=O) groups is 1. The Morgan fingerprint density at radius 3 is 2.59 bits per heavy atom. The third kappa shape index (κ3) is 5.88. The van der Waals surface area contributed by atoms with E-state index in [-0.39, 0.29) is 6.10 Å². The Hall–Kier alpha value is -3.09. The molecule has 0 bridgehead atoms. The van der Waals surface area contributed by atoms with Gasteiger partial charge in [0.1, 0.15) is 6.04 Å². The van der Waals surface area contributed by atoms with Crippen LogP contribution in [0, 0.1) is 0 Å². The van der Waals surface area contributed by atoms with Crippen LogP contribution in [-0.4, -0.2) is 35.9 Å². The van der Waals surface area contributed by atoms with Gasteiger partial charge < -0.3 is 25.6 Å². The molecule has 0 spiro atoms. The normalized spacial score (nSPS) is 21.2. The van der Waals surface area contributed by atoms with E-state index in [0.717, 1.165) is 41.0 Å². The maximum Gasteiger partial charge on any atom is 0.320 e. The van der Waals surface area contributed by atoms with E-state index in [1.807, 2.05) is 36.4 Å². The van der Waals surface area contributed by atoms with Gasteiger partial charge in [-0.25, -0.2) is 0 Å². The second kappa shape index (κ2) is 10.9. The second-order valence-corrected chi connectivity index (χ2v) is 9.23. The average Bonchev–Trinajstić information content (AvgIpc) is 3.37. The molecule has 2 aliphatic carbocycles. The molecular formula is C28H34N2O4. The van der Waals surface area contributed by atoms with Crippen molar-refractivity contribution in [2.45, 2.75) is 62.8 Å². The summed E-state index contributed by atoms with van der Waals surface area (Å²) < 4.78 is 11.8. The van der Waals surface area contributed by atoms with Crippen molar-refractivity contribution < 1.29 is 19.4 Å². The molecule has 0 aromatic heterocycles. The van der Waals surface area contributed by atoms with Crippen LogP contribution in [0.25, 0.3) is 5.57 Å². The van der Waals surface area contributed by atoms with Crippen molar-refractivity contribution in [1.82, 2.24) is 5.32 Å². The number of carboxylic acid groups (broad SMARTS) is 1. The fourth-order valence-corrected chi connectivity index (χ4v) is 4.74. The number of benzene rings is 2. The van der Waals surface area contributed by atoms with E-state index < -0.39 is 17.6 Å². The quantitative estimate of drug-likeness (QED) is 0.474. The minimum absolute atomic E-state index is 0.236. The zero-order valence-electron chi connectivity index (χ0n) is 19.7. The number of rotatable bonds is 10. The zero-order chi connectivity index (χ0) is 24.0. The van der Waals surface area contributed by atoms with Gasteiger partial charge in [0.15, 0.2) is 11.5 Å². The van der Waals surface area contributed by atoms with Gasteiger partial charge in [-0.3, -0.25) is 4.79 Å². The summed E-state index contributed by atoms with van der Waals surface area (Å²) in [5.41, 5.74) is 8.72. The van der Waals surface area contributed by atoms with Crippen molar-refractivity contribution in [1.29, 1.82) is 0 Å². The second-order valence-electron chi connectivity index (χ2n) is 9.23. The highest BCUT2D eigenvalue weighted by Crippen LogP contribution is 2.34. The van der Waals surface area contributed by atoms with Crippen LogP contribution in [0.1, 0.15) is 49.7 Å². The molecule has 4 N–H and O–H groups in total. The first-order valence-corrected chi connectivity index (χ1v) is 12.0. The summed E-state index contributed by atoms with van der Waals surface area (Å²) in [4.78, 5) is 11.5. The van der Waals surface area contributed by atoms with E-state index in [0.29, 0.717) is 19.4 Å². The van der Waals surface area contributed by atoms with Crippen molar-refractivity contribution in [3.8, 4) is 11.5 Å². The molecule has 34 heavy (non-hydrogen) atoms. The van der Waals surface area contributed by atoms with E-state index in [9.17, 15) is 9.90 Å². The largest absolute Gasteiger partial charge is 0.493 e. The number of nitrogens with two attached hydrogens (primary N) is 1. The summed E-state index contributed by atoms with van der Waals surface area (Å²) in [5.74, 6) is 0.491. The lowest BCUT2D eigenvalue weighted by Gasteiger charge is -2.35. The number of nitrogens with one attached hydrogen (secondary N) is 1. The number of hydrogen-bond donors (Lipinski definition) is 3. The van der Waals surface area contributed by atoms with E-state index in [1.165, 1.54) is 12.8 Å². The van der Waals surface area contributed by atoms with E-state index >= 15 is 0 Å². The van der Waals surface area contributed by atoms with Crippen molar-refractivity contribution in [3.63, 3.8) is 0 Å². The molecule has 0 radical (unpaired) electrons. The minimum Gasteiger partial charge on any atom is -0.493 e. The molecule has 6 heteroatoms. The Kier molecular flexibility index (Phi) is 7.70. The molecule has 0 amide bonds. The van der Waals surface area contributed by atoms with Gasteiger partial charge in [0.2, 0.25) is 0 Å². The van der Waals surface area contributed by atoms with Crippen LogP contribution in [-0.2, 0) is 11.3 Å². The fourth-order valence-electron chi connectivity index (χ4n) is 4.74. The third-order valence-electron chi connectivity index (χ3n) is 6.75. The smallest absolute Gasteiger partial charge is 0.320 e. The van der Waals surface area contributed by atoms with Crippen LogP contribution >= 0.6 is 0 Å². The van der Waals surface area contributed by atoms with Crippen LogP contribution in [0.2, 0.25) is 0 Å². The lowest BCUT2D eigenvalue weighted by Crippen LogP contribution is -2.49. The lowest BCUT2D eigenvalue weighted by atomic mass is 9.81. The van der Waals surface area contributed by atoms with E-state index in [2.05, 4.69) is 35.7 Å². The number of aliphatic carboxylic acids is 1. The minimum atomic E-state index is -0.996. The topological polar surface area (TPSA) is 93.8 Å². The highest BCUT2D eigenvalue weighted by atomic mass is 16.5. The van der Waals surface area contributed by atoms with Gasteiger partial charge in [0.05, 0.1) is 13.2 Å². The predicted molar refractivity (Wildman–Crippen MR) is 134 cm³/mol. The van der Waals surface area contributed by atoms with Crippen molar-refractivity contribution >= 4 is 11.5 Å². The summed E-state index contributed by atoms with van der Waals surface area (Å²) in [6, 6.07) is 15.2. The molecular weight excluding hydrogens is 428 g/mol. The first-order chi connectivity index (χ1) is 16.5. The molecule has 2 aromatic rings. The molecule has 4 rings (SSSR count). The number of allylic oxidation sites excluding steroid dienone is 2. The van der Waals surface area contributed by atoms with Crippen LogP contribution < -0.4 is 20.5 Å². The molecule has 2 unspecified atom stereocenters. The highest BCUT2D eigenvalue weighted by molar-refractivity contribution is 5.76. The zero-order valence-corrected chi connectivity index (χ0v) is 19.7. The molecule has 0 aliphatic heterocycles. The van der Waals surface area contributed by atoms with Crippen molar-refractivity contribution in [2.75, 3.05) is 7.11 Å². The van der Waals surface area contributed by atoms with Gasteiger partial charge in [0.25, 0.3) is 0 Å². The van der Waals surface area contributed by atoms with Crippen LogP contribution in [0.15, 0.2) is 66.8 Å². The standard InChI is InChI=1S/C28H34N2O4/c1-33-25-12-11-20(17-26(25)34-23-9-5-6-10-23)19-30-28(18-24(29)27(31)32)15-13-22(14-16-28)21-7-3-2-4-8-21/h2-4,7-8,11-15,17,23-24,30H,5-6,9-10,16,18-19,29H2,1H3,(H,31,32). The molecule has 0 heterocycles. The van der Waals surface area contributed by atoms with Crippen molar-refractivity contribution in [2.24, 2.45) is 5.73 Å². The summed E-state index contributed by atoms with van der Waals surface area (Å²) in [7, 11) is 1.65. The van der Waals surface area contributed by atoms with Crippen LogP contribution in [0.4, 0.5) is 0 Å². The Labute approximate surface area is 201 Å². The lowest BCUT2D eigenvalue weighted by molar-refractivity contribution is -0.139. The Morgan fingerprint density at radius 1 is 1.18 bits per heavy atom. The molecule has 1 fully saturated rings. The molecule has 0 saturated heterocycles. The Bertz CT molecular complexity index is 1040. The van der Waals surface area contributed by atoms with Crippen LogP contribution in [0.3, 0.4) is 0 Å². The summed E-state index contributed by atoms with van der Waals surface area (Å²) >= 11 is 0. The van der Waals surface area contributed by atoms with Crippen LogP contribution in [0.5, 0.6) is 11.5 Å². The first-order valence-electron chi connectivity index (χ1n) is 12.0. The summed E-state index contributed by atoms with van der Waals surface area (Å²) in [6.45, 7) is 0.552. The number of methoxy groups -OCH3 is 1. The molecule has 2 atom stereocenters. The van der Waals surface area contributed by atoms with Gasteiger partial charge in [0, 0.05) is 12.1 Å². The fraction of sp³-hybridized carbons (Fsp3) is 0.393. The first kappa shape index (κ1) is 24.0. The third-order valence-corrected chi connectivity index (χ3v) is 6.75. The molecule has 2 aromatic carbocycles. The van der Waals surface area contributed by atoms with Gasteiger partial charge >= 0.3 is 5.97 Å². The molecule has 2 aliphatic rings. The van der Waals surface area contributed by atoms with Crippen molar-refractivity contribution in [3.05, 3.63) is 77.9 Å². The predicted octanol–water partition coefficient (Wildman–Crippen LogP) is 4.69. The Morgan fingerprint density at radius 2 is 1.94 bits per heavy atom. The number of hydrogen-bond acceptors (Lipinski definition) is 5. The molecule has 1 saturated carbocycles. The highest BCUT2D eigenvalue weighted by Gasteiger charge is 2.32. The summed E-state index contributed by atoms with van der Waals surface area (Å²) in [5, 5.41) is 13.0. The van der Waals surface area contributed by atoms with E-state index in [1.54, 1.807) is 7.11 Å². The Balaban J connectivity index is 1.50. The van der Waals surface area contributed by atoms with Gasteiger partial charge in [-0.05, 0) is 67.4 Å². The SMILES string of the molecule is COc1ccc(CNC2(CC(N)C(=O)O)C=CC(c3ccccc3)=CC2)cc1OC1CCCC1. The van der Waals surface area contributed by atoms with Gasteiger partial charge in [-0.15, -0.1) is 0 Å². The number of carboxylic acids is 1. The van der Waals surface area contributed by atoms with Gasteiger partial charge in [-0.1, -0.05) is 54.6 Å². The van der Waals surface area contributed by atoms with Gasteiger partial charge in [-0.2, -0.15) is 0 Å². The monoisotopic (exact) mass is 462 g/mol. The maximum absolute atomic E-state index is 11.5.